The van der Waals surface area contributed by atoms with E-state index in [1.54, 1.807) is 0 Å². The molecule has 152 valence electrons. The first-order valence-electron chi connectivity index (χ1n) is 7.99. The fourth-order valence-corrected chi connectivity index (χ4v) is 4.26. The van der Waals surface area contributed by atoms with Gasteiger partial charge >= 0.3 is 35.5 Å². The van der Waals surface area contributed by atoms with E-state index in [2.05, 4.69) is 15.5 Å². The average molecular weight is 454 g/mol. The largest absolute Gasteiger partial charge is 1.00 e. The zero-order valence-electron chi connectivity index (χ0n) is 15.5. The molecule has 0 bridgehead atoms. The molecule has 1 aromatic heterocycles. The van der Waals surface area contributed by atoms with Crippen LogP contribution in [-0.4, -0.2) is 70.2 Å². The van der Waals surface area contributed by atoms with E-state index in [0.29, 0.717) is 21.0 Å². The zero-order valence-corrected chi connectivity index (χ0v) is 19.2. The molecule has 2 aliphatic heterocycles. The van der Waals surface area contributed by atoms with Crippen LogP contribution in [0.15, 0.2) is 4.34 Å². The van der Waals surface area contributed by atoms with Gasteiger partial charge in [-0.1, -0.05) is 23.1 Å². The van der Waals surface area contributed by atoms with Crippen molar-refractivity contribution in [2.75, 3.05) is 19.5 Å². The standard InChI is InChI=1S/C14H16N4O8S2.Na/c1-24-5-9-16-17-13(28-9)27-6-8(19)15-7-4-25-18(11(7)21)14(12(22)23)3-2-10(20)26-14;/h7H,2-6H2,1H3,(H,15,19)(H,22,23);/q;+1/p-1/t7-,14?;/m0./s1. The second kappa shape index (κ2) is 10.1. The molecular weight excluding hydrogens is 439 g/mol. The van der Waals surface area contributed by atoms with Crippen LogP contribution in [-0.2, 0) is 40.1 Å². The van der Waals surface area contributed by atoms with Crippen molar-refractivity contribution in [3.05, 3.63) is 5.01 Å². The Morgan fingerprint density at radius 3 is 2.83 bits per heavy atom. The number of hydroxylamine groups is 2. The number of aromatic nitrogens is 2. The van der Waals surface area contributed by atoms with Crippen molar-refractivity contribution < 1.29 is 68.2 Å². The molecule has 29 heavy (non-hydrogen) atoms. The number of thioether (sulfide) groups is 1. The number of rotatable bonds is 8. The van der Waals surface area contributed by atoms with Gasteiger partial charge in [0.2, 0.25) is 5.91 Å². The number of ether oxygens (including phenoxy) is 2. The molecule has 3 heterocycles. The van der Waals surface area contributed by atoms with Crippen molar-refractivity contribution in [3.8, 4) is 0 Å². The molecule has 1 N–H and O–H groups in total. The van der Waals surface area contributed by atoms with E-state index in [4.69, 9.17) is 14.3 Å². The quantitative estimate of drug-likeness (QED) is 0.227. The van der Waals surface area contributed by atoms with Gasteiger partial charge in [-0.3, -0.25) is 19.2 Å². The second-order valence-corrected chi connectivity index (χ2v) is 8.06. The third-order valence-electron chi connectivity index (χ3n) is 3.84. The fourth-order valence-electron chi connectivity index (χ4n) is 2.58. The number of esters is 1. The Bertz CT molecular complexity index is 808. The van der Waals surface area contributed by atoms with Crippen LogP contribution in [0.3, 0.4) is 0 Å². The van der Waals surface area contributed by atoms with Crippen molar-refractivity contribution >= 4 is 46.9 Å². The number of carboxylic acids is 1. The average Bonchev–Trinajstić information content (AvgIpc) is 3.34. The third-order valence-corrected chi connectivity index (χ3v) is 5.87. The maximum atomic E-state index is 12.5. The maximum absolute atomic E-state index is 12.5. The van der Waals surface area contributed by atoms with Crippen molar-refractivity contribution in [2.45, 2.75) is 35.6 Å². The molecule has 2 amide bonds. The predicted octanol–water partition coefficient (Wildman–Crippen LogP) is -5.18. The first-order valence-corrected chi connectivity index (χ1v) is 9.79. The molecule has 15 heteroatoms. The normalized spacial score (nSPS) is 23.6. The molecule has 2 fully saturated rings. The van der Waals surface area contributed by atoms with E-state index in [1.165, 1.54) is 18.4 Å². The van der Waals surface area contributed by atoms with Crippen molar-refractivity contribution in [1.82, 2.24) is 20.6 Å². The maximum Gasteiger partial charge on any atom is 1.00 e. The van der Waals surface area contributed by atoms with E-state index in [0.717, 1.165) is 11.8 Å². The smallest absolute Gasteiger partial charge is 0.544 e. The van der Waals surface area contributed by atoms with Crippen LogP contribution >= 0.6 is 23.1 Å². The van der Waals surface area contributed by atoms with Gasteiger partial charge in [-0.25, -0.2) is 0 Å². The molecule has 0 spiro atoms. The minimum absolute atomic E-state index is 0. The molecule has 2 saturated heterocycles. The van der Waals surface area contributed by atoms with Crippen LogP contribution in [0.1, 0.15) is 17.8 Å². The summed E-state index contributed by atoms with van der Waals surface area (Å²) in [5, 5.41) is 22.8. The van der Waals surface area contributed by atoms with Crippen LogP contribution < -0.4 is 40.0 Å². The molecule has 0 saturated carbocycles. The number of aliphatic carboxylic acids is 1. The van der Waals surface area contributed by atoms with Gasteiger partial charge in [-0.15, -0.1) is 10.2 Å². The van der Waals surface area contributed by atoms with Crippen LogP contribution in [0.25, 0.3) is 0 Å². The van der Waals surface area contributed by atoms with Crippen molar-refractivity contribution in [1.29, 1.82) is 0 Å². The van der Waals surface area contributed by atoms with Crippen molar-refractivity contribution in [2.24, 2.45) is 0 Å². The predicted molar refractivity (Wildman–Crippen MR) is 89.1 cm³/mol. The molecule has 3 rings (SSSR count). The van der Waals surface area contributed by atoms with Gasteiger partial charge in [0.05, 0.1) is 18.8 Å². The van der Waals surface area contributed by atoms with Crippen LogP contribution in [0.4, 0.5) is 0 Å². The SMILES string of the molecule is COCc1nnc(SCC(=O)N[C@H]2CON(C3(C(=O)[O-])CCC(=O)O3)C2=O)s1.[Na+]. The molecule has 0 aliphatic carbocycles. The number of carboxylic acid groups (broad SMARTS) is 1. The number of nitrogens with zero attached hydrogens (tertiary/aromatic N) is 3. The molecule has 2 atom stereocenters. The monoisotopic (exact) mass is 454 g/mol. The molecule has 0 aromatic carbocycles. The van der Waals surface area contributed by atoms with Crippen LogP contribution in [0.2, 0.25) is 0 Å². The third kappa shape index (κ3) is 5.25. The Balaban J connectivity index is 0.00000300. The van der Waals surface area contributed by atoms with E-state index in [1.807, 2.05) is 0 Å². The molecular formula is C14H15N4NaO8S2. The Hall–Kier alpha value is -1.29. The van der Waals surface area contributed by atoms with Gasteiger partial charge in [0.1, 0.15) is 23.6 Å². The minimum Gasteiger partial charge on any atom is -0.544 e. The van der Waals surface area contributed by atoms with E-state index < -0.39 is 35.5 Å². The fraction of sp³-hybridized carbons (Fsp3) is 0.571. The number of cyclic esters (lactones) is 1. The number of carbonyl (C=O) groups excluding carboxylic acids is 4. The summed E-state index contributed by atoms with van der Waals surface area (Å²) in [5.41, 5.74) is -2.31. The summed E-state index contributed by atoms with van der Waals surface area (Å²) in [6.45, 7) is 0.0253. The van der Waals surface area contributed by atoms with Gasteiger partial charge in [0.25, 0.3) is 11.6 Å². The number of hydrogen-bond acceptors (Lipinski definition) is 12. The summed E-state index contributed by atoms with van der Waals surface area (Å²) < 4.78 is 10.3. The Morgan fingerprint density at radius 1 is 1.45 bits per heavy atom. The Morgan fingerprint density at radius 2 is 2.21 bits per heavy atom. The first-order chi connectivity index (χ1) is 13.4. The summed E-state index contributed by atoms with van der Waals surface area (Å²) in [5.74, 6) is -3.91. The Kier molecular flexibility index (Phi) is 8.39. The van der Waals surface area contributed by atoms with Crippen molar-refractivity contribution in [3.63, 3.8) is 0 Å². The minimum atomic E-state index is -2.31. The number of carbonyl (C=O) groups is 4. The summed E-state index contributed by atoms with van der Waals surface area (Å²) in [6.07, 6.45) is -0.487. The molecule has 1 unspecified atom stereocenters. The number of amides is 2. The number of nitrogens with one attached hydrogen (secondary N) is 1. The zero-order chi connectivity index (χ0) is 20.3. The summed E-state index contributed by atoms with van der Waals surface area (Å²) in [7, 11) is 1.53. The first kappa shape index (κ1) is 24.0. The van der Waals surface area contributed by atoms with Gasteiger partial charge in [-0.2, -0.15) is 5.06 Å². The van der Waals surface area contributed by atoms with Gasteiger partial charge in [-0.05, 0) is 0 Å². The number of methoxy groups -OCH3 is 1. The summed E-state index contributed by atoms with van der Waals surface area (Å²) in [6, 6.07) is -1.11. The summed E-state index contributed by atoms with van der Waals surface area (Å²) >= 11 is 2.41. The van der Waals surface area contributed by atoms with Crippen LogP contribution in [0, 0.1) is 0 Å². The molecule has 12 nitrogen and oxygen atoms in total. The molecule has 0 radical (unpaired) electrons. The Labute approximate surface area is 194 Å². The van der Waals surface area contributed by atoms with E-state index in [9.17, 15) is 24.3 Å². The molecule has 1 aromatic rings. The van der Waals surface area contributed by atoms with Gasteiger partial charge < -0.3 is 24.7 Å². The van der Waals surface area contributed by atoms with E-state index in [-0.39, 0.29) is 54.8 Å². The summed E-state index contributed by atoms with van der Waals surface area (Å²) in [4.78, 5) is 52.5. The second-order valence-electron chi connectivity index (χ2n) is 5.78. The molecule has 2 aliphatic rings. The van der Waals surface area contributed by atoms with E-state index >= 15 is 0 Å². The van der Waals surface area contributed by atoms with Crippen LogP contribution in [0.5, 0.6) is 0 Å². The van der Waals surface area contributed by atoms with Gasteiger partial charge in [0, 0.05) is 13.5 Å². The topological polar surface area (TPSA) is 160 Å². The number of hydrogen-bond donors (Lipinski definition) is 1. The van der Waals surface area contributed by atoms with Gasteiger partial charge in [0.15, 0.2) is 4.34 Å².